The lowest BCUT2D eigenvalue weighted by Gasteiger charge is -2.36. The van der Waals surface area contributed by atoms with Crippen LogP contribution < -0.4 is 0 Å². The summed E-state index contributed by atoms with van der Waals surface area (Å²) in [5, 5.41) is 1.91. The van der Waals surface area contributed by atoms with Crippen LogP contribution in [-0.4, -0.2) is 90.5 Å². The first kappa shape index (κ1) is 16.4. The largest absolute Gasteiger partial charge is 0.378 e. The molecule has 2 saturated heterocycles. The first-order chi connectivity index (χ1) is 11.2. The SMILES string of the molecule is O=C(Cc1cscn1)N1CCN(CC(=O)N2CCOCC2)CC1. The lowest BCUT2D eigenvalue weighted by atomic mass is 10.2. The molecule has 2 fully saturated rings. The molecule has 2 amide bonds. The molecule has 0 aromatic carbocycles. The molecule has 0 unspecified atom stereocenters. The van der Waals surface area contributed by atoms with E-state index in [-0.39, 0.29) is 11.8 Å². The summed E-state index contributed by atoms with van der Waals surface area (Å²) in [4.78, 5) is 34.5. The highest BCUT2D eigenvalue weighted by atomic mass is 32.1. The lowest BCUT2D eigenvalue weighted by Crippen LogP contribution is -2.52. The summed E-state index contributed by atoms with van der Waals surface area (Å²) in [5.74, 6) is 0.283. The summed E-state index contributed by atoms with van der Waals surface area (Å²) in [7, 11) is 0. The molecule has 0 bridgehead atoms. The van der Waals surface area contributed by atoms with Crippen molar-refractivity contribution in [2.24, 2.45) is 0 Å². The molecular weight excluding hydrogens is 316 g/mol. The molecule has 0 spiro atoms. The van der Waals surface area contributed by atoms with Gasteiger partial charge in [-0.3, -0.25) is 14.5 Å². The highest BCUT2D eigenvalue weighted by Gasteiger charge is 2.25. The van der Waals surface area contributed by atoms with Crippen LogP contribution in [0.5, 0.6) is 0 Å². The van der Waals surface area contributed by atoms with Gasteiger partial charge in [-0.25, -0.2) is 4.98 Å². The van der Waals surface area contributed by atoms with E-state index in [0.29, 0.717) is 52.4 Å². The van der Waals surface area contributed by atoms with Crippen molar-refractivity contribution in [3.63, 3.8) is 0 Å². The van der Waals surface area contributed by atoms with Crippen molar-refractivity contribution in [1.82, 2.24) is 19.7 Å². The Hall–Kier alpha value is -1.51. The number of hydrogen-bond acceptors (Lipinski definition) is 6. The summed E-state index contributed by atoms with van der Waals surface area (Å²) >= 11 is 1.51. The molecule has 1 aromatic heterocycles. The maximum atomic E-state index is 12.2. The third kappa shape index (κ3) is 4.49. The quantitative estimate of drug-likeness (QED) is 0.753. The number of carbonyl (C=O) groups is 2. The topological polar surface area (TPSA) is 66.0 Å². The Morgan fingerprint density at radius 1 is 1.04 bits per heavy atom. The van der Waals surface area contributed by atoms with Crippen molar-refractivity contribution in [2.45, 2.75) is 6.42 Å². The normalized spacial score (nSPS) is 19.8. The van der Waals surface area contributed by atoms with Gasteiger partial charge < -0.3 is 14.5 Å². The predicted octanol–water partition coefficient (Wildman–Crippen LogP) is -0.311. The Kier molecular flexibility index (Phi) is 5.58. The van der Waals surface area contributed by atoms with Crippen molar-refractivity contribution < 1.29 is 14.3 Å². The Morgan fingerprint density at radius 3 is 2.39 bits per heavy atom. The molecule has 23 heavy (non-hydrogen) atoms. The number of amides is 2. The van der Waals surface area contributed by atoms with Crippen LogP contribution in [0.15, 0.2) is 10.9 Å². The summed E-state index contributed by atoms with van der Waals surface area (Å²) in [6, 6.07) is 0. The molecule has 8 heteroatoms. The zero-order valence-corrected chi connectivity index (χ0v) is 14.0. The number of hydrogen-bond donors (Lipinski definition) is 0. The zero-order chi connectivity index (χ0) is 16.1. The molecule has 2 aliphatic rings. The van der Waals surface area contributed by atoms with E-state index in [4.69, 9.17) is 4.74 Å². The van der Waals surface area contributed by atoms with Crippen LogP contribution in [-0.2, 0) is 20.7 Å². The Labute approximate surface area is 139 Å². The van der Waals surface area contributed by atoms with E-state index >= 15 is 0 Å². The second-order valence-corrected chi connectivity index (χ2v) is 6.53. The van der Waals surface area contributed by atoms with Crippen molar-refractivity contribution in [1.29, 1.82) is 0 Å². The number of thiazole rings is 1. The van der Waals surface area contributed by atoms with Gasteiger partial charge in [0, 0.05) is 44.6 Å². The van der Waals surface area contributed by atoms with Crippen LogP contribution in [0, 0.1) is 0 Å². The first-order valence-corrected chi connectivity index (χ1v) is 8.89. The smallest absolute Gasteiger partial charge is 0.236 e. The molecule has 0 N–H and O–H groups in total. The summed E-state index contributed by atoms with van der Waals surface area (Å²) in [6.45, 7) is 5.93. The number of nitrogens with zero attached hydrogens (tertiary/aromatic N) is 4. The zero-order valence-electron chi connectivity index (χ0n) is 13.1. The van der Waals surface area contributed by atoms with Crippen LogP contribution in [0.3, 0.4) is 0 Å². The van der Waals surface area contributed by atoms with Crippen LogP contribution >= 0.6 is 11.3 Å². The van der Waals surface area contributed by atoms with E-state index in [0.717, 1.165) is 18.8 Å². The number of ether oxygens (including phenoxy) is 1. The fourth-order valence-electron chi connectivity index (χ4n) is 2.85. The number of piperazine rings is 1. The van der Waals surface area contributed by atoms with Gasteiger partial charge in [0.15, 0.2) is 0 Å². The monoisotopic (exact) mass is 338 g/mol. The molecule has 3 heterocycles. The highest BCUT2D eigenvalue weighted by Crippen LogP contribution is 2.08. The van der Waals surface area contributed by atoms with Gasteiger partial charge in [-0.2, -0.15) is 0 Å². The van der Waals surface area contributed by atoms with Crippen molar-refractivity contribution in [3.05, 3.63) is 16.6 Å². The average Bonchev–Trinajstić information content (AvgIpc) is 3.09. The summed E-state index contributed by atoms with van der Waals surface area (Å²) in [5.41, 5.74) is 2.59. The minimum atomic E-state index is 0.120. The van der Waals surface area contributed by atoms with Gasteiger partial charge in [0.2, 0.25) is 11.8 Å². The Balaban J connectivity index is 1.41. The molecule has 0 aliphatic carbocycles. The van der Waals surface area contributed by atoms with E-state index in [1.807, 2.05) is 15.2 Å². The molecular formula is C15H22N4O3S. The van der Waals surface area contributed by atoms with Crippen molar-refractivity contribution in [3.8, 4) is 0 Å². The number of rotatable bonds is 4. The standard InChI is InChI=1S/C15H22N4O3S/c20-14(9-13-11-23-12-16-13)18-3-1-17(2-4-18)10-15(21)19-5-7-22-8-6-19/h11-12H,1-10H2. The molecule has 0 radical (unpaired) electrons. The van der Waals surface area contributed by atoms with Gasteiger partial charge in [-0.15, -0.1) is 11.3 Å². The van der Waals surface area contributed by atoms with E-state index < -0.39 is 0 Å². The minimum Gasteiger partial charge on any atom is -0.378 e. The van der Waals surface area contributed by atoms with Crippen LogP contribution in [0.1, 0.15) is 5.69 Å². The van der Waals surface area contributed by atoms with Gasteiger partial charge >= 0.3 is 0 Å². The maximum Gasteiger partial charge on any atom is 0.236 e. The van der Waals surface area contributed by atoms with Crippen molar-refractivity contribution in [2.75, 3.05) is 59.0 Å². The maximum absolute atomic E-state index is 12.2. The summed E-state index contributed by atoms with van der Waals surface area (Å²) in [6.07, 6.45) is 0.371. The third-order valence-electron chi connectivity index (χ3n) is 4.26. The molecule has 2 aliphatic heterocycles. The fourth-order valence-corrected chi connectivity index (χ4v) is 3.41. The second kappa shape index (κ2) is 7.85. The van der Waals surface area contributed by atoms with E-state index in [2.05, 4.69) is 9.88 Å². The lowest BCUT2D eigenvalue weighted by molar-refractivity contribution is -0.137. The molecule has 0 saturated carbocycles. The summed E-state index contributed by atoms with van der Waals surface area (Å²) < 4.78 is 5.27. The van der Waals surface area contributed by atoms with Crippen molar-refractivity contribution >= 4 is 23.2 Å². The Bertz CT molecular complexity index is 523. The van der Waals surface area contributed by atoms with Gasteiger partial charge in [0.25, 0.3) is 0 Å². The van der Waals surface area contributed by atoms with Gasteiger partial charge in [0.1, 0.15) is 0 Å². The molecule has 7 nitrogen and oxygen atoms in total. The van der Waals surface area contributed by atoms with Crippen LogP contribution in [0.25, 0.3) is 0 Å². The molecule has 1 aromatic rings. The van der Waals surface area contributed by atoms with E-state index in [9.17, 15) is 9.59 Å². The predicted molar refractivity (Wildman–Crippen MR) is 86.2 cm³/mol. The minimum absolute atomic E-state index is 0.120. The third-order valence-corrected chi connectivity index (χ3v) is 4.90. The molecule has 0 atom stereocenters. The van der Waals surface area contributed by atoms with Gasteiger partial charge in [0.05, 0.1) is 37.4 Å². The molecule has 126 valence electrons. The number of morpholine rings is 1. The average molecular weight is 338 g/mol. The highest BCUT2D eigenvalue weighted by molar-refractivity contribution is 7.07. The molecule has 3 rings (SSSR count). The van der Waals surface area contributed by atoms with Crippen LogP contribution in [0.4, 0.5) is 0 Å². The first-order valence-electron chi connectivity index (χ1n) is 7.95. The number of carbonyl (C=O) groups excluding carboxylic acids is 2. The number of aromatic nitrogens is 1. The Morgan fingerprint density at radius 2 is 1.74 bits per heavy atom. The van der Waals surface area contributed by atoms with Gasteiger partial charge in [-0.05, 0) is 0 Å². The van der Waals surface area contributed by atoms with Crippen LogP contribution in [0.2, 0.25) is 0 Å². The van der Waals surface area contributed by atoms with Gasteiger partial charge in [-0.1, -0.05) is 0 Å². The second-order valence-electron chi connectivity index (χ2n) is 5.81. The van der Waals surface area contributed by atoms with E-state index in [1.165, 1.54) is 11.3 Å². The fraction of sp³-hybridized carbons (Fsp3) is 0.667. The van der Waals surface area contributed by atoms with E-state index in [1.54, 1.807) is 5.51 Å².